The first-order valence-corrected chi connectivity index (χ1v) is 4.78. The van der Waals surface area contributed by atoms with Gasteiger partial charge in [-0.1, -0.05) is 0 Å². The van der Waals surface area contributed by atoms with Crippen molar-refractivity contribution in [3.63, 3.8) is 0 Å². The minimum Gasteiger partial charge on any atom is -0.478 e. The molecule has 0 unspecified atom stereocenters. The maximum atomic E-state index is 12.8. The molecule has 94 valence electrons. The average molecular weight is 246 g/mol. The molecule has 0 aliphatic rings. The highest BCUT2D eigenvalue weighted by Crippen LogP contribution is 2.19. The van der Waals surface area contributed by atoms with Gasteiger partial charge in [-0.05, 0) is 13.0 Å². The third-order valence-electron chi connectivity index (χ3n) is 2.04. The number of aliphatic hydroxyl groups is 1. The number of hydrogen-bond donors (Lipinski definition) is 3. The van der Waals surface area contributed by atoms with E-state index in [2.05, 4.69) is 10.3 Å². The van der Waals surface area contributed by atoms with Crippen LogP contribution in [0.3, 0.4) is 0 Å². The minimum absolute atomic E-state index is 0.0538. The molecule has 3 N–H and O–H groups in total. The van der Waals surface area contributed by atoms with Gasteiger partial charge in [-0.2, -0.15) is 0 Å². The molecule has 0 atom stereocenters. The Labute approximate surface area is 96.1 Å². The van der Waals surface area contributed by atoms with Crippen LogP contribution in [-0.2, 0) is 0 Å². The van der Waals surface area contributed by atoms with Crippen LogP contribution in [0, 0.1) is 6.92 Å². The molecule has 0 aromatic carbocycles. The summed E-state index contributed by atoms with van der Waals surface area (Å²) in [4.78, 5) is 14.6. The number of aliphatic hydroxyl groups excluding tert-OH is 1. The van der Waals surface area contributed by atoms with Crippen molar-refractivity contribution in [1.29, 1.82) is 0 Å². The zero-order chi connectivity index (χ0) is 13.1. The smallest absolute Gasteiger partial charge is 0.339 e. The van der Waals surface area contributed by atoms with Crippen LogP contribution in [0.25, 0.3) is 0 Å². The van der Waals surface area contributed by atoms with Crippen LogP contribution in [0.5, 0.6) is 0 Å². The molecule has 0 spiro atoms. The normalized spacial score (nSPS) is 11.3. The number of carboxylic acids is 1. The summed E-state index contributed by atoms with van der Waals surface area (Å²) < 4.78 is 25.6. The van der Waals surface area contributed by atoms with Crippen molar-refractivity contribution < 1.29 is 23.8 Å². The quantitative estimate of drug-likeness (QED) is 0.725. The van der Waals surface area contributed by atoms with Crippen LogP contribution >= 0.6 is 0 Å². The minimum atomic E-state index is -3.30. The molecule has 1 aromatic rings. The highest BCUT2D eigenvalue weighted by molar-refractivity contribution is 5.93. The zero-order valence-corrected chi connectivity index (χ0v) is 9.07. The van der Waals surface area contributed by atoms with Crippen molar-refractivity contribution >= 4 is 11.7 Å². The van der Waals surface area contributed by atoms with Gasteiger partial charge in [0, 0.05) is 11.9 Å². The van der Waals surface area contributed by atoms with Gasteiger partial charge in [0.15, 0.2) is 0 Å². The first kappa shape index (κ1) is 13.3. The van der Waals surface area contributed by atoms with Crippen LogP contribution in [0.1, 0.15) is 16.1 Å². The van der Waals surface area contributed by atoms with Gasteiger partial charge in [-0.25, -0.2) is 13.6 Å². The summed E-state index contributed by atoms with van der Waals surface area (Å²) >= 11 is 0. The van der Waals surface area contributed by atoms with Crippen molar-refractivity contribution in [1.82, 2.24) is 4.98 Å². The van der Waals surface area contributed by atoms with Gasteiger partial charge < -0.3 is 15.5 Å². The van der Waals surface area contributed by atoms with E-state index in [1.54, 1.807) is 6.92 Å². The molecule has 0 saturated carbocycles. The van der Waals surface area contributed by atoms with Gasteiger partial charge in [0.2, 0.25) is 0 Å². The van der Waals surface area contributed by atoms with Crippen molar-refractivity contribution in [2.45, 2.75) is 12.8 Å². The highest BCUT2D eigenvalue weighted by atomic mass is 19.3. The number of aryl methyl sites for hydroxylation is 1. The van der Waals surface area contributed by atoms with E-state index in [0.717, 1.165) is 6.20 Å². The van der Waals surface area contributed by atoms with E-state index in [4.69, 9.17) is 10.2 Å². The highest BCUT2D eigenvalue weighted by Gasteiger charge is 2.27. The molecule has 1 aromatic heterocycles. The molecule has 0 aliphatic heterocycles. The number of nitrogens with one attached hydrogen (secondary N) is 1. The summed E-state index contributed by atoms with van der Waals surface area (Å²) in [5, 5.41) is 19.5. The fourth-order valence-electron chi connectivity index (χ4n) is 1.16. The largest absolute Gasteiger partial charge is 0.478 e. The Morgan fingerprint density at radius 2 is 2.24 bits per heavy atom. The Kier molecular flexibility index (Phi) is 3.95. The maximum Gasteiger partial charge on any atom is 0.339 e. The van der Waals surface area contributed by atoms with Gasteiger partial charge in [-0.3, -0.25) is 4.98 Å². The molecule has 0 amide bonds. The first-order chi connectivity index (χ1) is 7.85. The van der Waals surface area contributed by atoms with Crippen molar-refractivity contribution in [2.75, 3.05) is 18.5 Å². The summed E-state index contributed by atoms with van der Waals surface area (Å²) in [6, 6.07) is 1.36. The number of carbonyl (C=O) groups is 1. The lowest BCUT2D eigenvalue weighted by atomic mass is 10.2. The fraction of sp³-hybridized carbons (Fsp3) is 0.400. The number of anilines is 1. The van der Waals surface area contributed by atoms with Crippen LogP contribution < -0.4 is 5.32 Å². The van der Waals surface area contributed by atoms with E-state index >= 15 is 0 Å². The monoisotopic (exact) mass is 246 g/mol. The Bertz CT molecular complexity index is 424. The molecule has 7 heteroatoms. The number of aromatic nitrogens is 1. The number of carboxylic acid groups (broad SMARTS) is 1. The second-order valence-electron chi connectivity index (χ2n) is 3.54. The molecule has 5 nitrogen and oxygen atoms in total. The molecule has 1 heterocycles. The summed E-state index contributed by atoms with van der Waals surface area (Å²) in [5.74, 6) is -4.56. The molecular formula is C10H12F2N2O3. The molecule has 0 radical (unpaired) electrons. The number of halogens is 2. The van der Waals surface area contributed by atoms with Crippen molar-refractivity contribution in [3.8, 4) is 0 Å². The summed E-state index contributed by atoms with van der Waals surface area (Å²) in [5.41, 5.74) is 0.368. The Morgan fingerprint density at radius 3 is 2.76 bits per heavy atom. The van der Waals surface area contributed by atoms with E-state index in [9.17, 15) is 13.6 Å². The predicted molar refractivity (Wildman–Crippen MR) is 56.5 cm³/mol. The number of alkyl halides is 2. The lowest BCUT2D eigenvalue weighted by molar-refractivity contribution is -0.0373. The average Bonchev–Trinajstić information content (AvgIpc) is 2.26. The molecule has 0 bridgehead atoms. The number of aromatic carboxylic acids is 1. The predicted octanol–water partition coefficient (Wildman–Crippen LogP) is 1.13. The van der Waals surface area contributed by atoms with Gasteiger partial charge in [0.05, 0.1) is 12.2 Å². The summed E-state index contributed by atoms with van der Waals surface area (Å²) in [6.45, 7) is -0.527. The maximum absolute atomic E-state index is 12.8. The van der Waals surface area contributed by atoms with E-state index in [1.807, 2.05) is 0 Å². The van der Waals surface area contributed by atoms with Gasteiger partial charge in [0.25, 0.3) is 5.92 Å². The molecule has 17 heavy (non-hydrogen) atoms. The third kappa shape index (κ3) is 3.63. The standard InChI is InChI=1S/C10H12F2N2O3/c1-6-2-8(7(3-13-6)9(16)17)14-4-10(11,12)5-15/h2-3,15H,4-5H2,1H3,(H,13,14)(H,16,17). The molecule has 1 rings (SSSR count). The summed E-state index contributed by atoms with van der Waals surface area (Å²) in [7, 11) is 0. The third-order valence-corrected chi connectivity index (χ3v) is 2.04. The van der Waals surface area contributed by atoms with E-state index in [-0.39, 0.29) is 11.3 Å². The number of nitrogens with zero attached hydrogens (tertiary/aromatic N) is 1. The number of rotatable bonds is 5. The Morgan fingerprint density at radius 1 is 1.59 bits per heavy atom. The van der Waals surface area contributed by atoms with E-state index in [1.165, 1.54) is 6.07 Å². The Hall–Kier alpha value is -1.76. The van der Waals surface area contributed by atoms with Crippen molar-refractivity contribution in [2.24, 2.45) is 0 Å². The number of hydrogen-bond acceptors (Lipinski definition) is 4. The lowest BCUT2D eigenvalue weighted by Crippen LogP contribution is -2.31. The molecule has 0 aliphatic carbocycles. The molecular weight excluding hydrogens is 234 g/mol. The van der Waals surface area contributed by atoms with Gasteiger partial charge in [-0.15, -0.1) is 0 Å². The van der Waals surface area contributed by atoms with Gasteiger partial charge >= 0.3 is 5.97 Å². The zero-order valence-electron chi connectivity index (χ0n) is 9.07. The second-order valence-corrected chi connectivity index (χ2v) is 3.54. The SMILES string of the molecule is Cc1cc(NCC(F)(F)CO)c(C(=O)O)cn1. The van der Waals surface area contributed by atoms with E-state index in [0.29, 0.717) is 5.69 Å². The van der Waals surface area contributed by atoms with Crippen LogP contribution in [0.2, 0.25) is 0 Å². The summed E-state index contributed by atoms with van der Waals surface area (Å²) in [6.07, 6.45) is 1.09. The lowest BCUT2D eigenvalue weighted by Gasteiger charge is -2.16. The van der Waals surface area contributed by atoms with Crippen LogP contribution in [-0.4, -0.2) is 40.2 Å². The first-order valence-electron chi connectivity index (χ1n) is 4.78. The molecule has 0 saturated heterocycles. The number of pyridine rings is 1. The van der Waals surface area contributed by atoms with Crippen molar-refractivity contribution in [3.05, 3.63) is 23.5 Å². The fourth-order valence-corrected chi connectivity index (χ4v) is 1.16. The second kappa shape index (κ2) is 5.05. The Balaban J connectivity index is 2.89. The van der Waals surface area contributed by atoms with Crippen LogP contribution in [0.15, 0.2) is 12.3 Å². The molecule has 0 fully saturated rings. The topological polar surface area (TPSA) is 82.5 Å². The van der Waals surface area contributed by atoms with Gasteiger partial charge in [0.1, 0.15) is 12.2 Å². The van der Waals surface area contributed by atoms with E-state index < -0.39 is 25.0 Å². The van der Waals surface area contributed by atoms with Crippen LogP contribution in [0.4, 0.5) is 14.5 Å².